The van der Waals surface area contributed by atoms with Crippen molar-refractivity contribution in [2.45, 2.75) is 25.8 Å². The number of amidine groups is 1. The molecule has 0 aliphatic rings. The van der Waals surface area contributed by atoms with Crippen LogP contribution in [0.4, 0.5) is 0 Å². The van der Waals surface area contributed by atoms with E-state index in [0.717, 1.165) is 44.8 Å². The molecule has 0 unspecified atom stereocenters. The Morgan fingerprint density at radius 1 is 0.944 bits per heavy atom. The Balaban J connectivity index is 0.00000304. The normalized spacial score (nSPS) is 11.0. The van der Waals surface area contributed by atoms with Crippen LogP contribution in [0.2, 0.25) is 0 Å². The summed E-state index contributed by atoms with van der Waals surface area (Å²) in [5, 5.41) is 16.7. The maximum atomic E-state index is 11.2. The number of aromatic nitrogens is 4. The summed E-state index contributed by atoms with van der Waals surface area (Å²) >= 11 is 0. The fraction of sp³-hybridized carbons (Fsp3) is 0.185. The topological polar surface area (TPSA) is 123 Å². The van der Waals surface area contributed by atoms with Gasteiger partial charge < -0.3 is 20.0 Å². The molecule has 9 heteroatoms. The Hall–Kier alpha value is -4.17. The van der Waals surface area contributed by atoms with Crippen molar-refractivity contribution in [2.24, 2.45) is 12.8 Å². The van der Waals surface area contributed by atoms with E-state index in [0.29, 0.717) is 24.9 Å². The smallest absolute Gasteiger partial charge is 0.303 e. The van der Waals surface area contributed by atoms with E-state index in [1.165, 1.54) is 0 Å². The van der Waals surface area contributed by atoms with Gasteiger partial charge in [-0.3, -0.25) is 10.2 Å². The number of nitrogens with zero attached hydrogens (tertiary/aromatic N) is 4. The van der Waals surface area contributed by atoms with Gasteiger partial charge in [0.25, 0.3) is 0 Å². The number of nitrogens with one attached hydrogen (secondary N) is 1. The van der Waals surface area contributed by atoms with Gasteiger partial charge in [0.2, 0.25) is 0 Å². The standard InChI is InChI=1S/C27H26N6O2.ClH/c1-32-22-11-8-18(14-21(22)31-25(32)15-17-6-9-19(10-7-17)27(28)29)16-33-23-5-3-2-4-20(23)30-24(33)12-13-26(34)35;/h2-11,14H,12-13,15-16H2,1H3,(H3,28,29)(H,34,35);1H. The Kier molecular flexibility index (Phi) is 7.07. The number of para-hydroxylation sites is 2. The lowest BCUT2D eigenvalue weighted by molar-refractivity contribution is -0.137. The third-order valence-corrected chi connectivity index (χ3v) is 6.30. The monoisotopic (exact) mass is 502 g/mol. The van der Waals surface area contributed by atoms with Crippen LogP contribution in [0, 0.1) is 5.41 Å². The quantitative estimate of drug-likeness (QED) is 0.216. The summed E-state index contributed by atoms with van der Waals surface area (Å²) < 4.78 is 4.20. The van der Waals surface area contributed by atoms with Crippen molar-refractivity contribution in [3.63, 3.8) is 0 Å². The van der Waals surface area contributed by atoms with E-state index >= 15 is 0 Å². The molecule has 3 aromatic carbocycles. The number of fused-ring (bicyclic) bond motifs is 2. The molecule has 0 spiro atoms. The largest absolute Gasteiger partial charge is 0.481 e. The fourth-order valence-electron chi connectivity index (χ4n) is 4.43. The van der Waals surface area contributed by atoms with Gasteiger partial charge in [0, 0.05) is 32.0 Å². The number of carboxylic acid groups (broad SMARTS) is 1. The number of nitrogens with two attached hydrogens (primary N) is 1. The first-order valence-corrected chi connectivity index (χ1v) is 11.4. The molecule has 2 heterocycles. The SMILES string of the molecule is Cl.Cn1c(Cc2ccc(C(=N)N)cc2)nc2cc(Cn3c(CCC(=O)O)nc4ccccc43)ccc21. The van der Waals surface area contributed by atoms with Crippen LogP contribution in [-0.4, -0.2) is 36.0 Å². The van der Waals surface area contributed by atoms with Crippen LogP contribution in [0.15, 0.2) is 66.7 Å². The first-order chi connectivity index (χ1) is 16.9. The van der Waals surface area contributed by atoms with Gasteiger partial charge in [-0.05, 0) is 35.4 Å². The summed E-state index contributed by atoms with van der Waals surface area (Å²) in [5.41, 5.74) is 12.3. The highest BCUT2D eigenvalue weighted by molar-refractivity contribution is 5.94. The minimum absolute atomic E-state index is 0. The average molecular weight is 503 g/mol. The molecule has 184 valence electrons. The van der Waals surface area contributed by atoms with Crippen LogP contribution < -0.4 is 5.73 Å². The molecule has 0 saturated heterocycles. The molecule has 5 rings (SSSR count). The minimum atomic E-state index is -0.832. The van der Waals surface area contributed by atoms with E-state index < -0.39 is 5.97 Å². The minimum Gasteiger partial charge on any atom is -0.481 e. The van der Waals surface area contributed by atoms with E-state index in [4.69, 9.17) is 21.2 Å². The van der Waals surface area contributed by atoms with Gasteiger partial charge in [-0.15, -0.1) is 12.4 Å². The zero-order valence-electron chi connectivity index (χ0n) is 19.8. The van der Waals surface area contributed by atoms with Crippen LogP contribution in [0.5, 0.6) is 0 Å². The zero-order valence-corrected chi connectivity index (χ0v) is 20.6. The van der Waals surface area contributed by atoms with Gasteiger partial charge in [-0.2, -0.15) is 0 Å². The molecule has 8 nitrogen and oxygen atoms in total. The number of aryl methyl sites for hydroxylation is 2. The van der Waals surface area contributed by atoms with Crippen molar-refractivity contribution in [2.75, 3.05) is 0 Å². The number of imidazole rings is 2. The van der Waals surface area contributed by atoms with E-state index in [-0.39, 0.29) is 24.7 Å². The number of nitrogen functional groups attached to an aromatic ring is 1. The summed E-state index contributed by atoms with van der Waals surface area (Å²) in [7, 11) is 2.02. The molecule has 0 atom stereocenters. The Bertz CT molecular complexity index is 1570. The molecule has 2 aromatic heterocycles. The van der Waals surface area contributed by atoms with Crippen LogP contribution >= 0.6 is 12.4 Å². The molecule has 0 saturated carbocycles. The van der Waals surface area contributed by atoms with Crippen molar-refractivity contribution in [3.8, 4) is 0 Å². The number of carbonyl (C=O) groups is 1. The average Bonchev–Trinajstić information content (AvgIpc) is 3.35. The molecule has 36 heavy (non-hydrogen) atoms. The van der Waals surface area contributed by atoms with Crippen molar-refractivity contribution in [1.29, 1.82) is 5.41 Å². The van der Waals surface area contributed by atoms with Crippen molar-refractivity contribution in [3.05, 3.63) is 95.1 Å². The molecule has 4 N–H and O–H groups in total. The highest BCUT2D eigenvalue weighted by Crippen LogP contribution is 2.23. The molecule has 0 amide bonds. The first kappa shape index (κ1) is 24.9. The lowest BCUT2D eigenvalue weighted by atomic mass is 10.1. The van der Waals surface area contributed by atoms with Gasteiger partial charge >= 0.3 is 5.97 Å². The van der Waals surface area contributed by atoms with Crippen molar-refractivity contribution >= 4 is 46.3 Å². The maximum Gasteiger partial charge on any atom is 0.303 e. The molecular weight excluding hydrogens is 476 g/mol. The number of halogens is 1. The predicted octanol–water partition coefficient (Wildman–Crippen LogP) is 4.29. The molecule has 0 aliphatic carbocycles. The highest BCUT2D eigenvalue weighted by atomic mass is 35.5. The number of carboxylic acids is 1. The van der Waals surface area contributed by atoms with Gasteiger partial charge in [-0.25, -0.2) is 9.97 Å². The summed E-state index contributed by atoms with van der Waals surface area (Å²) in [6, 6.07) is 21.8. The lowest BCUT2D eigenvalue weighted by Gasteiger charge is -2.09. The molecule has 5 aromatic rings. The second-order valence-corrected chi connectivity index (χ2v) is 8.69. The number of aliphatic carboxylic acids is 1. The fourth-order valence-corrected chi connectivity index (χ4v) is 4.43. The van der Waals surface area contributed by atoms with Crippen LogP contribution in [0.3, 0.4) is 0 Å². The summed E-state index contributed by atoms with van der Waals surface area (Å²) in [5.74, 6) is 0.943. The van der Waals surface area contributed by atoms with E-state index in [2.05, 4.69) is 32.3 Å². The van der Waals surface area contributed by atoms with Gasteiger partial charge in [0.15, 0.2) is 0 Å². The third kappa shape index (κ3) is 4.94. The predicted molar refractivity (Wildman–Crippen MR) is 143 cm³/mol. The van der Waals surface area contributed by atoms with Crippen LogP contribution in [-0.2, 0) is 31.2 Å². The molecular formula is C27H27ClN6O2. The highest BCUT2D eigenvalue weighted by Gasteiger charge is 2.14. The second kappa shape index (κ2) is 10.2. The Morgan fingerprint density at radius 3 is 2.36 bits per heavy atom. The van der Waals surface area contributed by atoms with Gasteiger partial charge in [0.1, 0.15) is 17.5 Å². The van der Waals surface area contributed by atoms with Crippen LogP contribution in [0.1, 0.15) is 34.8 Å². The third-order valence-electron chi connectivity index (χ3n) is 6.30. The maximum absolute atomic E-state index is 11.2. The number of hydrogen-bond donors (Lipinski definition) is 3. The zero-order chi connectivity index (χ0) is 24.5. The molecule has 0 aliphatic heterocycles. The van der Waals surface area contributed by atoms with E-state index in [9.17, 15) is 4.79 Å². The van der Waals surface area contributed by atoms with Crippen LogP contribution in [0.25, 0.3) is 22.1 Å². The Morgan fingerprint density at radius 2 is 1.64 bits per heavy atom. The first-order valence-electron chi connectivity index (χ1n) is 11.4. The molecule has 0 radical (unpaired) electrons. The van der Waals surface area contributed by atoms with E-state index in [1.54, 1.807) is 0 Å². The summed E-state index contributed by atoms with van der Waals surface area (Å²) in [6.45, 7) is 0.587. The molecule has 0 bridgehead atoms. The summed E-state index contributed by atoms with van der Waals surface area (Å²) in [4.78, 5) is 20.7. The van der Waals surface area contributed by atoms with Gasteiger partial charge in [-0.1, -0.05) is 42.5 Å². The number of rotatable bonds is 8. The lowest BCUT2D eigenvalue weighted by Crippen LogP contribution is -2.10. The van der Waals surface area contributed by atoms with Gasteiger partial charge in [0.05, 0.1) is 28.5 Å². The molecule has 0 fully saturated rings. The van der Waals surface area contributed by atoms with Crippen molar-refractivity contribution < 1.29 is 9.90 Å². The van der Waals surface area contributed by atoms with Crippen molar-refractivity contribution in [1.82, 2.24) is 19.1 Å². The second-order valence-electron chi connectivity index (χ2n) is 8.69. The summed E-state index contributed by atoms with van der Waals surface area (Å²) in [6.07, 6.45) is 1.09. The van der Waals surface area contributed by atoms with E-state index in [1.807, 2.05) is 55.6 Å². The Labute approximate surface area is 214 Å². The number of hydrogen-bond acceptors (Lipinski definition) is 4. The number of benzene rings is 3.